The van der Waals surface area contributed by atoms with Gasteiger partial charge in [0, 0.05) is 7.05 Å². The number of nitrogens with zero attached hydrogens (tertiary/aromatic N) is 2. The topological polar surface area (TPSA) is 77.9 Å². The zero-order valence-corrected chi connectivity index (χ0v) is 9.79. The fraction of sp³-hybridized carbons (Fsp3) is 0.250. The molecule has 1 N–H and O–H groups in total. The number of anilines is 1. The van der Waals surface area contributed by atoms with Crippen molar-refractivity contribution in [2.45, 2.75) is 0 Å². The van der Waals surface area contributed by atoms with E-state index in [1.54, 1.807) is 31.3 Å². The van der Waals surface area contributed by atoms with Gasteiger partial charge in [-0.3, -0.25) is 14.4 Å². The van der Waals surface area contributed by atoms with E-state index in [4.69, 9.17) is 5.11 Å². The predicted molar refractivity (Wildman–Crippen MR) is 63.4 cm³/mol. The largest absolute Gasteiger partial charge is 0.480 e. The molecule has 6 nitrogen and oxygen atoms in total. The van der Waals surface area contributed by atoms with Gasteiger partial charge in [-0.25, -0.2) is 0 Å². The molecule has 94 valence electrons. The van der Waals surface area contributed by atoms with E-state index in [0.717, 1.165) is 4.90 Å². The Morgan fingerprint density at radius 1 is 1.33 bits per heavy atom. The van der Waals surface area contributed by atoms with Crippen LogP contribution in [0.2, 0.25) is 0 Å². The van der Waals surface area contributed by atoms with Gasteiger partial charge < -0.3 is 14.9 Å². The van der Waals surface area contributed by atoms with Gasteiger partial charge in [0.15, 0.2) is 0 Å². The maximum atomic E-state index is 12.1. The Labute approximate surface area is 103 Å². The third-order valence-electron chi connectivity index (χ3n) is 2.81. The van der Waals surface area contributed by atoms with Gasteiger partial charge in [-0.2, -0.15) is 0 Å². The molecule has 0 aromatic heterocycles. The minimum Gasteiger partial charge on any atom is -0.480 e. The minimum absolute atomic E-state index is 0.226. The number of para-hydroxylation sites is 1. The summed E-state index contributed by atoms with van der Waals surface area (Å²) in [6.45, 7) is -0.705. The quantitative estimate of drug-likeness (QED) is 0.810. The van der Waals surface area contributed by atoms with E-state index in [-0.39, 0.29) is 12.5 Å². The van der Waals surface area contributed by atoms with Crippen molar-refractivity contribution in [2.24, 2.45) is 0 Å². The van der Waals surface area contributed by atoms with Crippen LogP contribution in [0.3, 0.4) is 0 Å². The molecule has 0 radical (unpaired) electrons. The number of fused-ring (bicyclic) bond motifs is 1. The first-order chi connectivity index (χ1) is 8.50. The fourth-order valence-electron chi connectivity index (χ4n) is 1.88. The van der Waals surface area contributed by atoms with Crippen LogP contribution in [0.1, 0.15) is 10.4 Å². The molecule has 2 amide bonds. The van der Waals surface area contributed by atoms with Crippen LogP contribution in [0.25, 0.3) is 0 Å². The molecule has 0 fully saturated rings. The van der Waals surface area contributed by atoms with Gasteiger partial charge in [0.2, 0.25) is 5.91 Å². The van der Waals surface area contributed by atoms with Crippen LogP contribution in [-0.2, 0) is 9.59 Å². The normalized spacial score (nSPS) is 15.4. The Kier molecular flexibility index (Phi) is 3.01. The summed E-state index contributed by atoms with van der Waals surface area (Å²) in [6, 6.07) is 6.65. The maximum Gasteiger partial charge on any atom is 0.323 e. The summed E-state index contributed by atoms with van der Waals surface area (Å²) in [5.74, 6) is -1.89. The molecule has 0 bridgehead atoms. The highest BCUT2D eigenvalue weighted by Crippen LogP contribution is 2.23. The number of aliphatic carboxylic acids is 1. The van der Waals surface area contributed by atoms with Crippen LogP contribution in [-0.4, -0.2) is 47.9 Å². The molecule has 1 aromatic rings. The van der Waals surface area contributed by atoms with Gasteiger partial charge >= 0.3 is 5.97 Å². The van der Waals surface area contributed by atoms with Crippen LogP contribution in [0.4, 0.5) is 5.69 Å². The second-order valence-electron chi connectivity index (χ2n) is 4.02. The molecule has 0 aliphatic carbocycles. The molecule has 0 spiro atoms. The summed E-state index contributed by atoms with van der Waals surface area (Å²) in [7, 11) is 1.57. The van der Waals surface area contributed by atoms with Crippen LogP contribution < -0.4 is 4.90 Å². The average molecular weight is 248 g/mol. The lowest BCUT2D eigenvalue weighted by molar-refractivity contribution is -0.137. The molecule has 0 unspecified atom stereocenters. The number of amides is 2. The first-order valence-corrected chi connectivity index (χ1v) is 5.37. The number of carboxylic acid groups (broad SMARTS) is 1. The van der Waals surface area contributed by atoms with Crippen LogP contribution in [0.5, 0.6) is 0 Å². The Morgan fingerprint density at radius 2 is 2.00 bits per heavy atom. The zero-order valence-electron chi connectivity index (χ0n) is 9.79. The molecule has 2 rings (SSSR count). The van der Waals surface area contributed by atoms with E-state index in [0.29, 0.717) is 11.3 Å². The lowest BCUT2D eigenvalue weighted by atomic mass is 10.1. The molecule has 0 atom stereocenters. The van der Waals surface area contributed by atoms with Crippen LogP contribution in [0, 0.1) is 0 Å². The monoisotopic (exact) mass is 248 g/mol. The summed E-state index contributed by atoms with van der Waals surface area (Å²) < 4.78 is 0. The molecular weight excluding hydrogens is 236 g/mol. The second kappa shape index (κ2) is 4.48. The van der Waals surface area contributed by atoms with Crippen molar-refractivity contribution in [1.29, 1.82) is 0 Å². The standard InChI is InChI=1S/C12H12N2O4/c1-13-9-5-3-2-4-8(9)12(18)14(6-10(13)15)7-11(16)17/h2-5H,6-7H2,1H3,(H,16,17). The zero-order chi connectivity index (χ0) is 13.3. The summed E-state index contributed by atoms with van der Waals surface area (Å²) >= 11 is 0. The summed E-state index contributed by atoms with van der Waals surface area (Å²) in [6.07, 6.45) is 0. The number of carbonyl (C=O) groups is 3. The molecule has 18 heavy (non-hydrogen) atoms. The smallest absolute Gasteiger partial charge is 0.323 e. The summed E-state index contributed by atoms with van der Waals surface area (Å²) in [5.41, 5.74) is 0.840. The van der Waals surface area contributed by atoms with E-state index < -0.39 is 18.4 Å². The molecule has 0 saturated heterocycles. The molecule has 1 aromatic carbocycles. The Morgan fingerprint density at radius 3 is 2.67 bits per heavy atom. The molecule has 6 heteroatoms. The van der Waals surface area contributed by atoms with Crippen LogP contribution >= 0.6 is 0 Å². The number of carbonyl (C=O) groups excluding carboxylic acids is 2. The SMILES string of the molecule is CN1C(=O)CN(CC(=O)O)C(=O)c2ccccc21. The Hall–Kier alpha value is -2.37. The van der Waals surface area contributed by atoms with Crippen molar-refractivity contribution >= 4 is 23.5 Å². The van der Waals surface area contributed by atoms with Crippen molar-refractivity contribution in [1.82, 2.24) is 4.90 Å². The highest BCUT2D eigenvalue weighted by molar-refractivity contribution is 6.09. The summed E-state index contributed by atoms with van der Waals surface area (Å²) in [5, 5.41) is 8.76. The highest BCUT2D eigenvalue weighted by atomic mass is 16.4. The summed E-state index contributed by atoms with van der Waals surface area (Å²) in [4.78, 5) is 37.1. The second-order valence-corrected chi connectivity index (χ2v) is 4.02. The van der Waals surface area contributed by atoms with Crippen LogP contribution in [0.15, 0.2) is 24.3 Å². The first kappa shape index (κ1) is 12.1. The third-order valence-corrected chi connectivity index (χ3v) is 2.81. The van der Waals surface area contributed by atoms with Crippen molar-refractivity contribution in [2.75, 3.05) is 25.0 Å². The van der Waals surface area contributed by atoms with Crippen molar-refractivity contribution in [3.05, 3.63) is 29.8 Å². The average Bonchev–Trinajstić information content (AvgIpc) is 2.42. The Balaban J connectivity index is 2.46. The predicted octanol–water partition coefficient (Wildman–Crippen LogP) is 0.190. The van der Waals surface area contributed by atoms with Gasteiger partial charge in [0.1, 0.15) is 13.1 Å². The van der Waals surface area contributed by atoms with E-state index >= 15 is 0 Å². The van der Waals surface area contributed by atoms with E-state index in [2.05, 4.69) is 0 Å². The highest BCUT2D eigenvalue weighted by Gasteiger charge is 2.30. The molecule has 1 heterocycles. The first-order valence-electron chi connectivity index (χ1n) is 5.37. The van der Waals surface area contributed by atoms with Crippen molar-refractivity contribution in [3.8, 4) is 0 Å². The third kappa shape index (κ3) is 2.04. The number of benzene rings is 1. The molecule has 1 aliphatic heterocycles. The number of carboxylic acids is 1. The lowest BCUT2D eigenvalue weighted by Crippen LogP contribution is -2.40. The fourth-order valence-corrected chi connectivity index (χ4v) is 1.88. The van der Waals surface area contributed by atoms with Gasteiger partial charge in [-0.1, -0.05) is 12.1 Å². The van der Waals surface area contributed by atoms with Gasteiger partial charge in [-0.05, 0) is 12.1 Å². The van der Waals surface area contributed by atoms with Gasteiger partial charge in [0.25, 0.3) is 5.91 Å². The molecule has 1 aliphatic rings. The van der Waals surface area contributed by atoms with E-state index in [1.807, 2.05) is 0 Å². The number of hydrogen-bond donors (Lipinski definition) is 1. The van der Waals surface area contributed by atoms with Crippen molar-refractivity contribution < 1.29 is 19.5 Å². The number of likely N-dealkylation sites (N-methyl/N-ethyl adjacent to an activating group) is 1. The maximum absolute atomic E-state index is 12.1. The van der Waals surface area contributed by atoms with Gasteiger partial charge in [-0.15, -0.1) is 0 Å². The van der Waals surface area contributed by atoms with Gasteiger partial charge in [0.05, 0.1) is 11.3 Å². The number of hydrogen-bond acceptors (Lipinski definition) is 3. The molecular formula is C12H12N2O4. The van der Waals surface area contributed by atoms with E-state index in [1.165, 1.54) is 4.90 Å². The lowest BCUT2D eigenvalue weighted by Gasteiger charge is -2.17. The Bertz CT molecular complexity index is 527. The van der Waals surface area contributed by atoms with Crippen molar-refractivity contribution in [3.63, 3.8) is 0 Å². The molecule has 0 saturated carbocycles. The van der Waals surface area contributed by atoms with E-state index in [9.17, 15) is 14.4 Å². The number of rotatable bonds is 2. The minimum atomic E-state index is -1.14.